The molecule has 1 N–H and O–H groups in total. The molecule has 1 aliphatic heterocycles. The van der Waals surface area contributed by atoms with E-state index in [0.717, 1.165) is 57.0 Å². The maximum Gasteiger partial charge on any atom is 0.323 e. The standard InChI is InChI=1S/C31H35BrN4O2S/c32-27-13-11-26(12-14-27)29-23-39-30(33-29)34-31(37)36(18-17-35-19-21-38-22-20-35)16-15-28(24-7-3-1-4-8-24)25-9-5-2-6-10-25/h1-13,23,27-28H,14-22H2,(H,33,34,37). The molecule has 6 nitrogen and oxygen atoms in total. The van der Waals surface area contributed by atoms with Gasteiger partial charge in [-0.05, 0) is 29.5 Å². The molecule has 5 rings (SSSR count). The van der Waals surface area contributed by atoms with E-state index >= 15 is 0 Å². The third-order valence-corrected chi connectivity index (χ3v) is 8.67. The molecule has 0 saturated carbocycles. The highest BCUT2D eigenvalue weighted by Crippen LogP contribution is 2.29. The van der Waals surface area contributed by atoms with Crippen LogP contribution >= 0.6 is 27.3 Å². The van der Waals surface area contributed by atoms with Crippen molar-refractivity contribution in [2.24, 2.45) is 0 Å². The number of alkyl halides is 1. The molecule has 2 heterocycles. The van der Waals surface area contributed by atoms with Gasteiger partial charge < -0.3 is 9.64 Å². The van der Waals surface area contributed by atoms with Crippen LogP contribution in [0.4, 0.5) is 9.93 Å². The number of rotatable bonds is 10. The largest absolute Gasteiger partial charge is 0.379 e. The van der Waals surface area contributed by atoms with Crippen LogP contribution in [0.1, 0.15) is 35.6 Å². The number of hydrogen-bond acceptors (Lipinski definition) is 5. The van der Waals surface area contributed by atoms with Gasteiger partial charge in [-0.2, -0.15) is 0 Å². The average Bonchev–Trinajstić information content (AvgIpc) is 3.45. The van der Waals surface area contributed by atoms with Crippen LogP contribution in [0.2, 0.25) is 0 Å². The summed E-state index contributed by atoms with van der Waals surface area (Å²) >= 11 is 5.09. The zero-order valence-electron chi connectivity index (χ0n) is 22.0. The van der Waals surface area contributed by atoms with Crippen molar-refractivity contribution in [1.82, 2.24) is 14.8 Å². The summed E-state index contributed by atoms with van der Waals surface area (Å²) in [6, 6.07) is 21.1. The highest BCUT2D eigenvalue weighted by molar-refractivity contribution is 9.09. The predicted octanol–water partition coefficient (Wildman–Crippen LogP) is 6.64. The number of amides is 2. The number of benzene rings is 2. The number of carbonyl (C=O) groups is 1. The Balaban J connectivity index is 1.29. The molecular weight excluding hydrogens is 572 g/mol. The zero-order chi connectivity index (χ0) is 26.9. The molecule has 0 bridgehead atoms. The molecular formula is C31H35BrN4O2S. The number of aromatic nitrogens is 1. The molecule has 8 heteroatoms. The van der Waals surface area contributed by atoms with Gasteiger partial charge in [0.2, 0.25) is 0 Å². The van der Waals surface area contributed by atoms with E-state index in [4.69, 9.17) is 9.72 Å². The van der Waals surface area contributed by atoms with E-state index in [1.165, 1.54) is 22.5 Å². The SMILES string of the molecule is O=C(Nc1nc(C2=CCC(Br)C=C2)cs1)N(CCC(c1ccccc1)c1ccccc1)CCN1CCOCC1. The summed E-state index contributed by atoms with van der Waals surface area (Å²) in [6.45, 7) is 5.42. The number of thiazole rings is 1. The molecule has 2 aromatic carbocycles. The van der Waals surface area contributed by atoms with Crippen LogP contribution < -0.4 is 5.32 Å². The van der Waals surface area contributed by atoms with Crippen LogP contribution in [0, 0.1) is 0 Å². The lowest BCUT2D eigenvalue weighted by Crippen LogP contribution is -2.44. The summed E-state index contributed by atoms with van der Waals surface area (Å²) in [6.07, 6.45) is 8.17. The fourth-order valence-corrected chi connectivity index (χ4v) is 6.05. The number of hydrogen-bond donors (Lipinski definition) is 1. The molecule has 1 atom stereocenters. The minimum atomic E-state index is -0.0993. The summed E-state index contributed by atoms with van der Waals surface area (Å²) in [7, 11) is 0. The minimum Gasteiger partial charge on any atom is -0.379 e. The van der Waals surface area contributed by atoms with Crippen LogP contribution in [0.3, 0.4) is 0 Å². The highest BCUT2D eigenvalue weighted by atomic mass is 79.9. The normalized spacial score (nSPS) is 17.7. The summed E-state index contributed by atoms with van der Waals surface area (Å²) in [5.41, 5.74) is 4.53. The van der Waals surface area contributed by atoms with E-state index in [0.29, 0.717) is 23.0 Å². The Morgan fingerprint density at radius 3 is 2.41 bits per heavy atom. The molecule has 39 heavy (non-hydrogen) atoms. The molecule has 2 aliphatic rings. The van der Waals surface area contributed by atoms with E-state index in [-0.39, 0.29) is 11.9 Å². The number of anilines is 1. The van der Waals surface area contributed by atoms with E-state index < -0.39 is 0 Å². The van der Waals surface area contributed by atoms with Gasteiger partial charge in [-0.1, -0.05) is 94.8 Å². The summed E-state index contributed by atoms with van der Waals surface area (Å²) in [5, 5.41) is 5.73. The third kappa shape index (κ3) is 7.88. The first-order chi connectivity index (χ1) is 19.2. The fraction of sp³-hybridized carbons (Fsp3) is 0.355. The number of morpholine rings is 1. The lowest BCUT2D eigenvalue weighted by Gasteiger charge is -2.31. The third-order valence-electron chi connectivity index (χ3n) is 7.23. The predicted molar refractivity (Wildman–Crippen MR) is 164 cm³/mol. The molecule has 1 aliphatic carbocycles. The first kappa shape index (κ1) is 27.8. The fourth-order valence-electron chi connectivity index (χ4n) is 5.00. The van der Waals surface area contributed by atoms with Crippen molar-refractivity contribution < 1.29 is 9.53 Å². The molecule has 204 valence electrons. The monoisotopic (exact) mass is 606 g/mol. The quantitative estimate of drug-likeness (QED) is 0.263. The van der Waals surface area contributed by atoms with Crippen LogP contribution in [-0.2, 0) is 4.74 Å². The van der Waals surface area contributed by atoms with Gasteiger partial charge in [0, 0.05) is 48.8 Å². The van der Waals surface area contributed by atoms with Gasteiger partial charge in [0.25, 0.3) is 0 Å². The second kappa shape index (κ2) is 14.0. The maximum absolute atomic E-state index is 13.6. The Hall–Kier alpha value is -2.78. The Kier molecular flexibility index (Phi) is 9.99. The molecule has 1 unspecified atom stereocenters. The number of ether oxygens (including phenoxy) is 1. The Labute approximate surface area is 243 Å². The van der Waals surface area contributed by atoms with Gasteiger partial charge in [0.1, 0.15) is 0 Å². The molecule has 1 aromatic heterocycles. The van der Waals surface area contributed by atoms with Gasteiger partial charge in [-0.25, -0.2) is 9.78 Å². The zero-order valence-corrected chi connectivity index (χ0v) is 24.4. The number of nitrogens with zero attached hydrogens (tertiary/aromatic N) is 3. The number of nitrogens with one attached hydrogen (secondary N) is 1. The number of allylic oxidation sites excluding steroid dienone is 4. The maximum atomic E-state index is 13.6. The number of carbonyl (C=O) groups excluding carboxylic acids is 1. The van der Waals surface area contributed by atoms with Crippen molar-refractivity contribution in [2.45, 2.75) is 23.6 Å². The minimum absolute atomic E-state index is 0.0993. The number of urea groups is 1. The van der Waals surface area contributed by atoms with E-state index in [1.807, 2.05) is 22.4 Å². The second-order valence-corrected chi connectivity index (χ2v) is 11.9. The van der Waals surface area contributed by atoms with E-state index in [2.05, 4.69) is 92.9 Å². The molecule has 1 fully saturated rings. The van der Waals surface area contributed by atoms with Crippen molar-refractivity contribution >= 4 is 44.0 Å². The van der Waals surface area contributed by atoms with Gasteiger partial charge in [0.05, 0.1) is 18.9 Å². The lowest BCUT2D eigenvalue weighted by molar-refractivity contribution is 0.0351. The lowest BCUT2D eigenvalue weighted by atomic mass is 9.88. The van der Waals surface area contributed by atoms with Crippen LogP contribution in [0.5, 0.6) is 0 Å². The van der Waals surface area contributed by atoms with Crippen molar-refractivity contribution in [3.63, 3.8) is 0 Å². The molecule has 3 aromatic rings. The van der Waals surface area contributed by atoms with Crippen LogP contribution in [0.15, 0.2) is 84.3 Å². The second-order valence-electron chi connectivity index (χ2n) is 9.84. The van der Waals surface area contributed by atoms with Gasteiger partial charge in [-0.3, -0.25) is 10.2 Å². The average molecular weight is 608 g/mol. The highest BCUT2D eigenvalue weighted by Gasteiger charge is 2.22. The van der Waals surface area contributed by atoms with Gasteiger partial charge in [-0.15, -0.1) is 11.3 Å². The Morgan fingerprint density at radius 1 is 1.08 bits per heavy atom. The van der Waals surface area contributed by atoms with E-state index in [1.54, 1.807) is 0 Å². The Morgan fingerprint density at radius 2 is 1.77 bits per heavy atom. The summed E-state index contributed by atoms with van der Waals surface area (Å²) < 4.78 is 5.51. The Bertz CT molecular complexity index is 1220. The van der Waals surface area contributed by atoms with E-state index in [9.17, 15) is 4.79 Å². The van der Waals surface area contributed by atoms with Crippen LogP contribution in [-0.4, -0.2) is 71.6 Å². The van der Waals surface area contributed by atoms with Crippen molar-refractivity contribution in [3.8, 4) is 0 Å². The van der Waals surface area contributed by atoms with Gasteiger partial charge >= 0.3 is 6.03 Å². The van der Waals surface area contributed by atoms with Gasteiger partial charge in [0.15, 0.2) is 5.13 Å². The molecule has 1 saturated heterocycles. The smallest absolute Gasteiger partial charge is 0.323 e. The first-order valence-electron chi connectivity index (χ1n) is 13.6. The number of halogens is 1. The summed E-state index contributed by atoms with van der Waals surface area (Å²) in [4.78, 5) is 23.0. The van der Waals surface area contributed by atoms with Crippen molar-refractivity contribution in [3.05, 3.63) is 101 Å². The van der Waals surface area contributed by atoms with Crippen molar-refractivity contribution in [2.75, 3.05) is 51.3 Å². The molecule has 2 amide bonds. The summed E-state index contributed by atoms with van der Waals surface area (Å²) in [5.74, 6) is 0.209. The molecule has 0 radical (unpaired) electrons. The first-order valence-corrected chi connectivity index (χ1v) is 15.4. The van der Waals surface area contributed by atoms with Crippen molar-refractivity contribution in [1.29, 1.82) is 0 Å². The van der Waals surface area contributed by atoms with Crippen LogP contribution in [0.25, 0.3) is 5.57 Å². The topological polar surface area (TPSA) is 57.7 Å². The molecule has 0 spiro atoms.